The molecule has 0 amide bonds. The molecule has 2 aromatic rings. The van der Waals surface area contributed by atoms with Crippen molar-refractivity contribution in [3.63, 3.8) is 0 Å². The number of rotatable bonds is 6. The third kappa shape index (κ3) is 3.41. The molecule has 0 spiro atoms. The van der Waals surface area contributed by atoms with Crippen molar-refractivity contribution in [2.24, 2.45) is 13.0 Å². The molecule has 0 aliphatic heterocycles. The van der Waals surface area contributed by atoms with Gasteiger partial charge in [-0.3, -0.25) is 9.36 Å². The fraction of sp³-hybridized carbons (Fsp3) is 0.571. The van der Waals surface area contributed by atoms with E-state index < -0.39 is 0 Å². The predicted octanol–water partition coefficient (Wildman–Crippen LogP) is 2.37. The van der Waals surface area contributed by atoms with Crippen molar-refractivity contribution in [2.75, 3.05) is 6.54 Å². The van der Waals surface area contributed by atoms with E-state index in [-0.39, 0.29) is 0 Å². The van der Waals surface area contributed by atoms with Crippen LogP contribution in [0.15, 0.2) is 12.3 Å². The highest BCUT2D eigenvalue weighted by Gasteiger charge is 2.13. The molecule has 1 N–H and O–H groups in total. The second-order valence-corrected chi connectivity index (χ2v) is 5.84. The lowest BCUT2D eigenvalue weighted by Gasteiger charge is -2.10. The number of nitrogens with zero attached hydrogens (tertiary/aromatic N) is 4. The number of aryl methyl sites for hydroxylation is 2. The Kier molecular flexibility index (Phi) is 4.83. The normalized spacial score (nSPS) is 11.5. The van der Waals surface area contributed by atoms with Gasteiger partial charge < -0.3 is 5.32 Å². The minimum atomic E-state index is 0.640. The van der Waals surface area contributed by atoms with Gasteiger partial charge in [0.1, 0.15) is 5.15 Å². The molecule has 0 saturated heterocycles. The summed E-state index contributed by atoms with van der Waals surface area (Å²) < 4.78 is 3.68. The summed E-state index contributed by atoms with van der Waals surface area (Å²) in [6.45, 7) is 8.84. The molecule has 0 fully saturated rings. The summed E-state index contributed by atoms with van der Waals surface area (Å²) in [5, 5.41) is 12.8. The van der Waals surface area contributed by atoms with Crippen molar-refractivity contribution in [1.29, 1.82) is 0 Å². The minimum Gasteiger partial charge on any atom is -0.311 e. The zero-order valence-corrected chi connectivity index (χ0v) is 13.3. The highest BCUT2D eigenvalue weighted by molar-refractivity contribution is 6.30. The third-order valence-electron chi connectivity index (χ3n) is 3.24. The average molecular weight is 296 g/mol. The summed E-state index contributed by atoms with van der Waals surface area (Å²) in [4.78, 5) is 0. The van der Waals surface area contributed by atoms with Crippen LogP contribution in [0.5, 0.6) is 0 Å². The van der Waals surface area contributed by atoms with Crippen molar-refractivity contribution >= 4 is 11.6 Å². The van der Waals surface area contributed by atoms with E-state index in [9.17, 15) is 0 Å². The number of hydrogen-bond acceptors (Lipinski definition) is 3. The van der Waals surface area contributed by atoms with Gasteiger partial charge in [-0.2, -0.15) is 10.2 Å². The van der Waals surface area contributed by atoms with Crippen molar-refractivity contribution in [3.8, 4) is 0 Å². The van der Waals surface area contributed by atoms with E-state index in [2.05, 4.69) is 29.4 Å². The number of hydrogen-bond donors (Lipinski definition) is 1. The van der Waals surface area contributed by atoms with Crippen LogP contribution in [0.1, 0.15) is 30.8 Å². The Hall–Kier alpha value is -1.33. The van der Waals surface area contributed by atoms with E-state index in [0.29, 0.717) is 17.6 Å². The summed E-state index contributed by atoms with van der Waals surface area (Å²) in [5.41, 5.74) is 3.14. The second kappa shape index (κ2) is 6.41. The van der Waals surface area contributed by atoms with Crippen LogP contribution >= 0.6 is 11.6 Å². The molecule has 0 aromatic carbocycles. The molecule has 0 unspecified atom stereocenters. The zero-order valence-electron chi connectivity index (χ0n) is 12.5. The number of halogens is 1. The lowest BCUT2D eigenvalue weighted by molar-refractivity contribution is 0.529. The molecule has 5 nitrogen and oxygen atoms in total. The van der Waals surface area contributed by atoms with Crippen LogP contribution in [0.25, 0.3) is 0 Å². The first kappa shape index (κ1) is 15.1. The molecular formula is C14H22ClN5. The Balaban J connectivity index is 2.08. The van der Waals surface area contributed by atoms with Crippen molar-refractivity contribution in [1.82, 2.24) is 24.9 Å². The number of nitrogens with one attached hydrogen (secondary N) is 1. The van der Waals surface area contributed by atoms with Crippen LogP contribution in [0.2, 0.25) is 5.15 Å². The van der Waals surface area contributed by atoms with Crippen molar-refractivity contribution < 1.29 is 0 Å². The SMILES string of the molecule is Cc1nn(C)c(Cl)c1Cn1nccc1CNCC(C)C. The third-order valence-corrected chi connectivity index (χ3v) is 3.71. The fourth-order valence-corrected chi connectivity index (χ4v) is 2.38. The van der Waals surface area contributed by atoms with E-state index in [0.717, 1.165) is 30.0 Å². The lowest BCUT2D eigenvalue weighted by Crippen LogP contribution is -2.21. The smallest absolute Gasteiger partial charge is 0.132 e. The van der Waals surface area contributed by atoms with Crippen LogP contribution in [0.3, 0.4) is 0 Å². The molecule has 110 valence electrons. The van der Waals surface area contributed by atoms with Gasteiger partial charge in [0, 0.05) is 25.4 Å². The van der Waals surface area contributed by atoms with Gasteiger partial charge in [0.15, 0.2) is 0 Å². The van der Waals surface area contributed by atoms with E-state index in [1.54, 1.807) is 4.68 Å². The minimum absolute atomic E-state index is 0.640. The van der Waals surface area contributed by atoms with Crippen LogP contribution in [-0.4, -0.2) is 26.1 Å². The molecule has 0 saturated carbocycles. The van der Waals surface area contributed by atoms with Gasteiger partial charge >= 0.3 is 0 Å². The Bertz CT molecular complexity index is 570. The maximum absolute atomic E-state index is 6.27. The van der Waals surface area contributed by atoms with Crippen LogP contribution in [0.4, 0.5) is 0 Å². The molecule has 20 heavy (non-hydrogen) atoms. The first-order valence-corrected chi connectivity index (χ1v) is 7.26. The molecular weight excluding hydrogens is 274 g/mol. The molecule has 2 heterocycles. The fourth-order valence-electron chi connectivity index (χ4n) is 2.14. The molecule has 6 heteroatoms. The van der Waals surface area contributed by atoms with Gasteiger partial charge in [0.25, 0.3) is 0 Å². The molecule has 0 bridgehead atoms. The van der Waals surface area contributed by atoms with E-state index >= 15 is 0 Å². The van der Waals surface area contributed by atoms with Gasteiger partial charge in [-0.1, -0.05) is 25.4 Å². The maximum atomic E-state index is 6.27. The largest absolute Gasteiger partial charge is 0.311 e. The van der Waals surface area contributed by atoms with E-state index in [1.807, 2.05) is 30.9 Å². The van der Waals surface area contributed by atoms with Crippen LogP contribution in [-0.2, 0) is 20.1 Å². The lowest BCUT2D eigenvalue weighted by atomic mass is 10.2. The first-order valence-electron chi connectivity index (χ1n) is 6.88. The summed E-state index contributed by atoms with van der Waals surface area (Å²) in [5.74, 6) is 0.640. The van der Waals surface area contributed by atoms with Crippen molar-refractivity contribution in [3.05, 3.63) is 34.4 Å². The Morgan fingerprint density at radius 3 is 2.75 bits per heavy atom. The standard InChI is InChI=1S/C14H22ClN5/c1-10(2)7-16-8-12-5-6-17-20(12)9-13-11(3)18-19(4)14(13)15/h5-6,10,16H,7-9H2,1-4H3. The van der Waals surface area contributed by atoms with Crippen LogP contribution < -0.4 is 5.32 Å². The molecule has 0 aliphatic rings. The van der Waals surface area contributed by atoms with Gasteiger partial charge in [0.05, 0.1) is 17.9 Å². The Labute approximate surface area is 124 Å². The van der Waals surface area contributed by atoms with Crippen LogP contribution in [0, 0.1) is 12.8 Å². The van der Waals surface area contributed by atoms with E-state index in [1.165, 1.54) is 0 Å². The highest BCUT2D eigenvalue weighted by atomic mass is 35.5. The van der Waals surface area contributed by atoms with Gasteiger partial charge in [-0.05, 0) is 25.5 Å². The summed E-state index contributed by atoms with van der Waals surface area (Å²) in [6, 6.07) is 2.03. The molecule has 2 rings (SSSR count). The molecule has 0 aliphatic carbocycles. The first-order chi connectivity index (χ1) is 9.49. The Morgan fingerprint density at radius 2 is 2.15 bits per heavy atom. The maximum Gasteiger partial charge on any atom is 0.132 e. The quantitative estimate of drug-likeness (QED) is 0.890. The molecule has 2 aromatic heterocycles. The molecule has 0 atom stereocenters. The van der Waals surface area contributed by atoms with Crippen molar-refractivity contribution in [2.45, 2.75) is 33.9 Å². The summed E-state index contributed by atoms with van der Waals surface area (Å²) in [7, 11) is 1.85. The monoisotopic (exact) mass is 295 g/mol. The topological polar surface area (TPSA) is 47.7 Å². The number of aromatic nitrogens is 4. The predicted molar refractivity (Wildman–Crippen MR) is 80.8 cm³/mol. The highest BCUT2D eigenvalue weighted by Crippen LogP contribution is 2.20. The zero-order chi connectivity index (χ0) is 14.7. The summed E-state index contributed by atoms with van der Waals surface area (Å²) >= 11 is 6.27. The average Bonchev–Trinajstić information content (AvgIpc) is 2.90. The van der Waals surface area contributed by atoms with Gasteiger partial charge in [0.2, 0.25) is 0 Å². The van der Waals surface area contributed by atoms with Gasteiger partial charge in [-0.25, -0.2) is 0 Å². The second-order valence-electron chi connectivity index (χ2n) is 5.48. The molecule has 0 radical (unpaired) electrons. The van der Waals surface area contributed by atoms with Gasteiger partial charge in [-0.15, -0.1) is 0 Å². The Morgan fingerprint density at radius 1 is 1.40 bits per heavy atom. The van der Waals surface area contributed by atoms with E-state index in [4.69, 9.17) is 11.6 Å². The summed E-state index contributed by atoms with van der Waals surface area (Å²) in [6.07, 6.45) is 1.83.